The van der Waals surface area contributed by atoms with Crippen LogP contribution in [0.2, 0.25) is 0 Å². The SMILES string of the molecule is CC(C)S(=O)(=O)NC1CCC(C(=O)Nc2ccc(N3CCC(NC(=O)OC(C)(C)C)C3)cc2)CC1. The van der Waals surface area contributed by atoms with Crippen molar-refractivity contribution in [2.75, 3.05) is 23.3 Å². The Bertz CT molecular complexity index is 980. The van der Waals surface area contributed by atoms with Crippen molar-refractivity contribution in [2.45, 2.75) is 89.7 Å². The number of alkyl carbamates (subject to hydrolysis) is 1. The molecule has 3 rings (SSSR count). The lowest BCUT2D eigenvalue weighted by Crippen LogP contribution is -2.42. The molecule has 1 aromatic rings. The van der Waals surface area contributed by atoms with Crippen LogP contribution in [0.15, 0.2) is 24.3 Å². The molecule has 0 bridgehead atoms. The Balaban J connectivity index is 1.44. The van der Waals surface area contributed by atoms with Crippen LogP contribution in [0, 0.1) is 5.92 Å². The van der Waals surface area contributed by atoms with Gasteiger partial charge < -0.3 is 20.3 Å². The first kappa shape index (κ1) is 27.3. The highest BCUT2D eigenvalue weighted by atomic mass is 32.2. The van der Waals surface area contributed by atoms with Crippen molar-refractivity contribution < 1.29 is 22.7 Å². The number of ether oxygens (including phenoxy) is 1. The zero-order chi connectivity index (χ0) is 25.8. The van der Waals surface area contributed by atoms with Crippen LogP contribution in [0.1, 0.15) is 66.7 Å². The number of carbonyl (C=O) groups excluding carboxylic acids is 2. The van der Waals surface area contributed by atoms with Gasteiger partial charge in [0.05, 0.1) is 11.3 Å². The van der Waals surface area contributed by atoms with Crippen LogP contribution in [-0.4, -0.2) is 56.4 Å². The monoisotopic (exact) mass is 508 g/mol. The molecule has 2 fully saturated rings. The van der Waals surface area contributed by atoms with E-state index in [0.29, 0.717) is 32.2 Å². The van der Waals surface area contributed by atoms with E-state index in [-0.39, 0.29) is 23.9 Å². The maximum atomic E-state index is 12.7. The maximum absolute atomic E-state index is 12.7. The Hall–Kier alpha value is -2.33. The van der Waals surface area contributed by atoms with E-state index in [1.54, 1.807) is 13.8 Å². The molecule has 1 saturated carbocycles. The molecule has 1 aliphatic heterocycles. The molecular formula is C25H40N4O5S. The number of hydrogen-bond acceptors (Lipinski definition) is 6. The van der Waals surface area contributed by atoms with E-state index >= 15 is 0 Å². The Morgan fingerprint density at radius 1 is 1.00 bits per heavy atom. The third-order valence-corrected chi connectivity index (χ3v) is 8.36. The smallest absolute Gasteiger partial charge is 0.407 e. The molecular weight excluding hydrogens is 468 g/mol. The van der Waals surface area contributed by atoms with Gasteiger partial charge in [0.25, 0.3) is 0 Å². The number of benzene rings is 1. The number of nitrogens with zero attached hydrogens (tertiary/aromatic N) is 1. The number of sulfonamides is 1. The minimum atomic E-state index is -3.29. The lowest BCUT2D eigenvalue weighted by atomic mass is 9.86. The Morgan fingerprint density at radius 2 is 1.63 bits per heavy atom. The average Bonchev–Trinajstić information content (AvgIpc) is 3.21. The third-order valence-electron chi connectivity index (χ3n) is 6.46. The zero-order valence-corrected chi connectivity index (χ0v) is 22.3. The van der Waals surface area contributed by atoms with Gasteiger partial charge in [-0.3, -0.25) is 4.79 Å². The Labute approximate surface area is 209 Å². The summed E-state index contributed by atoms with van der Waals surface area (Å²) in [6.45, 7) is 10.4. The summed E-state index contributed by atoms with van der Waals surface area (Å²) in [5, 5.41) is 5.47. The van der Waals surface area contributed by atoms with Crippen LogP contribution in [0.5, 0.6) is 0 Å². The van der Waals surface area contributed by atoms with Gasteiger partial charge in [-0.2, -0.15) is 0 Å². The van der Waals surface area contributed by atoms with E-state index in [9.17, 15) is 18.0 Å². The quantitative estimate of drug-likeness (QED) is 0.518. The Morgan fingerprint density at radius 3 is 2.20 bits per heavy atom. The summed E-state index contributed by atoms with van der Waals surface area (Å²) >= 11 is 0. The first-order valence-corrected chi connectivity index (χ1v) is 14.0. The number of anilines is 2. The molecule has 1 aromatic carbocycles. The van der Waals surface area contributed by atoms with Gasteiger partial charge in [0, 0.05) is 36.4 Å². The Kier molecular flexibility index (Phi) is 8.69. The normalized spacial score (nSPS) is 23.3. The van der Waals surface area contributed by atoms with Crippen molar-refractivity contribution in [1.29, 1.82) is 0 Å². The number of hydrogen-bond donors (Lipinski definition) is 3. The molecule has 2 aliphatic rings. The molecule has 0 radical (unpaired) electrons. The number of nitrogens with one attached hydrogen (secondary N) is 3. The largest absolute Gasteiger partial charge is 0.444 e. The molecule has 3 N–H and O–H groups in total. The van der Waals surface area contributed by atoms with Gasteiger partial charge in [-0.15, -0.1) is 0 Å². The number of rotatable bonds is 7. The molecule has 1 heterocycles. The summed E-state index contributed by atoms with van der Waals surface area (Å²) in [6, 6.07) is 7.67. The first-order valence-electron chi connectivity index (χ1n) is 12.5. The lowest BCUT2D eigenvalue weighted by molar-refractivity contribution is -0.120. The van der Waals surface area contributed by atoms with E-state index in [4.69, 9.17) is 4.74 Å². The van der Waals surface area contributed by atoms with Gasteiger partial charge in [0.1, 0.15) is 5.60 Å². The minimum absolute atomic E-state index is 0.0225. The molecule has 196 valence electrons. The molecule has 0 spiro atoms. The molecule has 35 heavy (non-hydrogen) atoms. The van der Waals surface area contributed by atoms with Gasteiger partial charge in [-0.25, -0.2) is 17.9 Å². The molecule has 1 unspecified atom stereocenters. The van der Waals surface area contributed by atoms with Gasteiger partial charge in [-0.05, 0) is 91.0 Å². The highest BCUT2D eigenvalue weighted by Gasteiger charge is 2.30. The van der Waals surface area contributed by atoms with Gasteiger partial charge >= 0.3 is 6.09 Å². The van der Waals surface area contributed by atoms with Crippen molar-refractivity contribution in [3.63, 3.8) is 0 Å². The maximum Gasteiger partial charge on any atom is 0.407 e. The molecule has 2 amide bonds. The second-order valence-electron chi connectivity index (χ2n) is 10.9. The predicted octanol–water partition coefficient (Wildman–Crippen LogP) is 3.62. The number of amides is 2. The standard InChI is InChI=1S/C25H40N4O5S/c1-17(2)35(32,33)28-20-8-6-18(7-9-20)23(30)26-19-10-12-22(13-11-19)29-15-14-21(16-29)27-24(31)34-25(3,4)5/h10-13,17-18,20-21,28H,6-9,14-16H2,1-5H3,(H,26,30)(H,27,31). The minimum Gasteiger partial charge on any atom is -0.444 e. The summed E-state index contributed by atoms with van der Waals surface area (Å²) in [6.07, 6.45) is 3.10. The van der Waals surface area contributed by atoms with Crippen LogP contribution in [0.25, 0.3) is 0 Å². The average molecular weight is 509 g/mol. The van der Waals surface area contributed by atoms with Crippen LogP contribution in [0.4, 0.5) is 16.2 Å². The summed E-state index contributed by atoms with van der Waals surface area (Å²) in [5.41, 5.74) is 1.26. The second kappa shape index (κ2) is 11.2. The van der Waals surface area contributed by atoms with E-state index in [2.05, 4.69) is 20.3 Å². The topological polar surface area (TPSA) is 117 Å². The summed E-state index contributed by atoms with van der Waals surface area (Å²) < 4.78 is 32.3. The highest BCUT2D eigenvalue weighted by Crippen LogP contribution is 2.27. The molecule has 10 heteroatoms. The third kappa shape index (κ3) is 8.10. The van der Waals surface area contributed by atoms with Gasteiger partial charge in [-0.1, -0.05) is 0 Å². The van der Waals surface area contributed by atoms with Crippen molar-refractivity contribution >= 4 is 33.4 Å². The van der Waals surface area contributed by atoms with E-state index < -0.39 is 27.0 Å². The second-order valence-corrected chi connectivity index (χ2v) is 13.1. The van der Waals surface area contributed by atoms with Crippen LogP contribution < -0.4 is 20.3 Å². The lowest BCUT2D eigenvalue weighted by Gasteiger charge is -2.28. The van der Waals surface area contributed by atoms with Crippen LogP contribution in [0.3, 0.4) is 0 Å². The molecule has 0 aromatic heterocycles. The summed E-state index contributed by atoms with van der Waals surface area (Å²) in [5.74, 6) is -0.140. The van der Waals surface area contributed by atoms with E-state index in [0.717, 1.165) is 24.3 Å². The van der Waals surface area contributed by atoms with E-state index in [1.165, 1.54) is 0 Å². The van der Waals surface area contributed by atoms with Crippen molar-refractivity contribution in [3.8, 4) is 0 Å². The van der Waals surface area contributed by atoms with Gasteiger partial charge in [0.2, 0.25) is 15.9 Å². The van der Waals surface area contributed by atoms with Crippen molar-refractivity contribution in [2.24, 2.45) is 5.92 Å². The fraction of sp³-hybridized carbons (Fsp3) is 0.680. The number of carbonyl (C=O) groups is 2. The van der Waals surface area contributed by atoms with E-state index in [1.807, 2.05) is 45.0 Å². The summed E-state index contributed by atoms with van der Waals surface area (Å²) in [4.78, 5) is 27.0. The molecule has 9 nitrogen and oxygen atoms in total. The fourth-order valence-corrected chi connectivity index (χ4v) is 5.40. The zero-order valence-electron chi connectivity index (χ0n) is 21.5. The fourth-order valence-electron chi connectivity index (χ4n) is 4.43. The van der Waals surface area contributed by atoms with Gasteiger partial charge in [0.15, 0.2) is 0 Å². The predicted molar refractivity (Wildman–Crippen MR) is 138 cm³/mol. The molecule has 1 atom stereocenters. The first-order chi connectivity index (χ1) is 16.3. The van der Waals surface area contributed by atoms with Crippen LogP contribution >= 0.6 is 0 Å². The van der Waals surface area contributed by atoms with Crippen molar-refractivity contribution in [1.82, 2.24) is 10.0 Å². The summed E-state index contributed by atoms with van der Waals surface area (Å²) in [7, 11) is -3.29. The van der Waals surface area contributed by atoms with Crippen molar-refractivity contribution in [3.05, 3.63) is 24.3 Å². The molecule has 1 aliphatic carbocycles. The highest BCUT2D eigenvalue weighted by molar-refractivity contribution is 7.90. The van der Waals surface area contributed by atoms with Crippen LogP contribution in [-0.2, 0) is 19.6 Å². The molecule has 1 saturated heterocycles.